The van der Waals surface area contributed by atoms with Crippen molar-refractivity contribution in [3.05, 3.63) is 51.1 Å². The van der Waals surface area contributed by atoms with E-state index in [1.807, 2.05) is 0 Å². The molecule has 0 saturated carbocycles. The molecular formula is C14H8F4N4O4. The number of nitriles is 1. The van der Waals surface area contributed by atoms with Crippen LogP contribution in [0, 0.1) is 27.3 Å². The Bertz CT molecular complexity index is 959. The lowest BCUT2D eigenvalue weighted by atomic mass is 10.1. The van der Waals surface area contributed by atoms with E-state index in [0.717, 1.165) is 13.3 Å². The first-order valence-electron chi connectivity index (χ1n) is 6.57. The maximum absolute atomic E-state index is 14.5. The molecule has 2 aromatic rings. The lowest BCUT2D eigenvalue weighted by molar-refractivity contribution is -0.387. The second-order valence-electron chi connectivity index (χ2n) is 4.86. The molecule has 0 aliphatic carbocycles. The number of methoxy groups -OCH3 is 1. The van der Waals surface area contributed by atoms with Gasteiger partial charge in [0.25, 0.3) is 0 Å². The van der Waals surface area contributed by atoms with E-state index in [0.29, 0.717) is 4.57 Å². The predicted octanol–water partition coefficient (Wildman–Crippen LogP) is 2.78. The number of nitro groups is 1. The monoisotopic (exact) mass is 372 g/mol. The Balaban J connectivity index is 2.93. The molecule has 1 heterocycles. The molecule has 0 aliphatic heterocycles. The van der Waals surface area contributed by atoms with E-state index in [2.05, 4.69) is 4.74 Å². The van der Waals surface area contributed by atoms with Crippen LogP contribution < -0.4 is 5.73 Å². The topological polar surface area (TPSA) is 124 Å². The van der Waals surface area contributed by atoms with Crippen LogP contribution in [-0.4, -0.2) is 22.6 Å². The van der Waals surface area contributed by atoms with Crippen LogP contribution >= 0.6 is 0 Å². The molecule has 2 rings (SSSR count). The number of aromatic nitrogens is 1. The summed E-state index contributed by atoms with van der Waals surface area (Å²) >= 11 is 0. The summed E-state index contributed by atoms with van der Waals surface area (Å²) < 4.78 is 58.4. The number of ether oxygens (including phenoxy) is 1. The van der Waals surface area contributed by atoms with Crippen LogP contribution in [0.5, 0.6) is 0 Å². The van der Waals surface area contributed by atoms with Crippen molar-refractivity contribution in [2.45, 2.75) is 6.18 Å². The molecule has 12 heteroatoms. The highest BCUT2D eigenvalue weighted by atomic mass is 19.4. The van der Waals surface area contributed by atoms with E-state index < -0.39 is 51.2 Å². The average molecular weight is 372 g/mol. The Morgan fingerprint density at radius 3 is 2.50 bits per heavy atom. The van der Waals surface area contributed by atoms with Gasteiger partial charge in [-0.25, -0.2) is 4.79 Å². The first kappa shape index (κ1) is 18.7. The van der Waals surface area contributed by atoms with Gasteiger partial charge < -0.3 is 15.0 Å². The summed E-state index contributed by atoms with van der Waals surface area (Å²) in [6.45, 7) is 0. The minimum Gasteiger partial charge on any atom is -0.464 e. The van der Waals surface area contributed by atoms with Gasteiger partial charge in [-0.15, -0.1) is 0 Å². The molecule has 0 unspecified atom stereocenters. The number of halogens is 4. The van der Waals surface area contributed by atoms with E-state index in [-0.39, 0.29) is 17.7 Å². The average Bonchev–Trinajstić information content (AvgIpc) is 2.89. The van der Waals surface area contributed by atoms with Crippen LogP contribution in [0.15, 0.2) is 18.3 Å². The molecule has 0 saturated heterocycles. The van der Waals surface area contributed by atoms with Gasteiger partial charge in [-0.3, -0.25) is 10.1 Å². The number of anilines is 1. The van der Waals surface area contributed by atoms with Crippen molar-refractivity contribution in [2.24, 2.45) is 0 Å². The summed E-state index contributed by atoms with van der Waals surface area (Å²) in [5, 5.41) is 19.9. The van der Waals surface area contributed by atoms with E-state index in [1.165, 1.54) is 0 Å². The normalized spacial score (nSPS) is 11.1. The third kappa shape index (κ3) is 3.02. The highest BCUT2D eigenvalue weighted by Gasteiger charge is 2.36. The molecule has 1 aromatic carbocycles. The number of alkyl halides is 3. The number of hydrogen-bond donors (Lipinski definition) is 1. The van der Waals surface area contributed by atoms with Crippen molar-refractivity contribution in [3.63, 3.8) is 0 Å². The van der Waals surface area contributed by atoms with Crippen LogP contribution in [0.1, 0.15) is 21.6 Å². The zero-order valence-electron chi connectivity index (χ0n) is 12.8. The summed E-state index contributed by atoms with van der Waals surface area (Å²) in [5.74, 6) is -2.82. The van der Waals surface area contributed by atoms with Crippen LogP contribution in [0.4, 0.5) is 28.9 Å². The Morgan fingerprint density at radius 2 is 2.04 bits per heavy atom. The molecule has 0 radical (unpaired) electrons. The van der Waals surface area contributed by atoms with E-state index in [4.69, 9.17) is 11.0 Å². The van der Waals surface area contributed by atoms with Gasteiger partial charge in [-0.2, -0.15) is 22.8 Å². The van der Waals surface area contributed by atoms with Crippen molar-refractivity contribution in [1.82, 2.24) is 4.57 Å². The van der Waals surface area contributed by atoms with E-state index >= 15 is 0 Å². The van der Waals surface area contributed by atoms with E-state index in [9.17, 15) is 32.5 Å². The number of esters is 1. The lowest BCUT2D eigenvalue weighted by Crippen LogP contribution is -2.14. The Hall–Kier alpha value is -3.62. The second kappa shape index (κ2) is 6.36. The number of rotatable bonds is 3. The molecule has 1 aromatic heterocycles. The summed E-state index contributed by atoms with van der Waals surface area (Å²) in [6.07, 6.45) is -4.25. The van der Waals surface area contributed by atoms with Gasteiger partial charge >= 0.3 is 17.8 Å². The quantitative estimate of drug-likeness (QED) is 0.382. The Labute approximate surface area is 142 Å². The Morgan fingerprint density at radius 1 is 1.42 bits per heavy atom. The summed E-state index contributed by atoms with van der Waals surface area (Å²) in [6, 6.07) is 1.86. The molecular weight excluding hydrogens is 364 g/mol. The number of nitrogen functional groups attached to an aromatic ring is 1. The molecule has 0 aliphatic rings. The van der Waals surface area contributed by atoms with Gasteiger partial charge in [0.2, 0.25) is 5.82 Å². The van der Waals surface area contributed by atoms with Crippen LogP contribution in [0.2, 0.25) is 0 Å². The fourth-order valence-corrected chi connectivity index (χ4v) is 2.17. The van der Waals surface area contributed by atoms with Gasteiger partial charge in [-0.05, 0) is 6.07 Å². The van der Waals surface area contributed by atoms with Crippen molar-refractivity contribution < 1.29 is 32.0 Å². The predicted molar refractivity (Wildman–Crippen MR) is 77.9 cm³/mol. The minimum absolute atomic E-state index is 0.0225. The van der Waals surface area contributed by atoms with Gasteiger partial charge in [0, 0.05) is 12.3 Å². The number of benzene rings is 1. The maximum atomic E-state index is 14.5. The number of hydrogen-bond acceptors (Lipinski definition) is 6. The zero-order chi connectivity index (χ0) is 19.8. The standard InChI is InChI=1S/C14H8F4N4O4/c1-26-13(23)12-11(20)6(4-19)5-21(12)8-2-7(14(16,17)18)3-9(10(8)15)22(24)25/h2-3,5H,20H2,1H3. The van der Waals surface area contributed by atoms with Crippen LogP contribution in [-0.2, 0) is 10.9 Å². The maximum Gasteiger partial charge on any atom is 0.416 e. The molecule has 136 valence electrons. The number of nitro benzene ring substituents is 1. The Kier molecular flexibility index (Phi) is 4.57. The molecule has 2 N–H and O–H groups in total. The fraction of sp³-hybridized carbons (Fsp3) is 0.143. The third-order valence-electron chi connectivity index (χ3n) is 3.36. The van der Waals surface area contributed by atoms with Gasteiger partial charge in [0.05, 0.1) is 34.5 Å². The molecule has 0 bridgehead atoms. The van der Waals surface area contributed by atoms with Gasteiger partial charge in [0.1, 0.15) is 6.07 Å². The molecule has 0 atom stereocenters. The fourth-order valence-electron chi connectivity index (χ4n) is 2.17. The zero-order valence-corrected chi connectivity index (χ0v) is 12.8. The largest absolute Gasteiger partial charge is 0.464 e. The van der Waals surface area contributed by atoms with E-state index in [1.54, 1.807) is 6.07 Å². The SMILES string of the molecule is COC(=O)c1c(N)c(C#N)cn1-c1cc(C(F)(F)F)cc([N+](=O)[O-])c1F. The number of nitrogens with two attached hydrogens (primary N) is 1. The highest BCUT2D eigenvalue weighted by Crippen LogP contribution is 2.37. The summed E-state index contributed by atoms with van der Waals surface area (Å²) in [7, 11) is 0.927. The lowest BCUT2D eigenvalue weighted by Gasteiger charge is -2.13. The second-order valence-corrected chi connectivity index (χ2v) is 4.86. The van der Waals surface area contributed by atoms with Gasteiger partial charge in [-0.1, -0.05) is 0 Å². The van der Waals surface area contributed by atoms with Crippen molar-refractivity contribution in [1.29, 1.82) is 5.26 Å². The summed E-state index contributed by atoms with van der Waals surface area (Å²) in [4.78, 5) is 21.4. The third-order valence-corrected chi connectivity index (χ3v) is 3.36. The molecule has 0 spiro atoms. The number of nitrogens with zero attached hydrogens (tertiary/aromatic N) is 3. The molecule has 0 amide bonds. The van der Waals surface area contributed by atoms with Crippen molar-refractivity contribution in [2.75, 3.05) is 12.8 Å². The van der Waals surface area contributed by atoms with Crippen LogP contribution in [0.25, 0.3) is 5.69 Å². The first-order chi connectivity index (χ1) is 12.0. The molecule has 0 fully saturated rings. The molecule has 8 nitrogen and oxygen atoms in total. The smallest absolute Gasteiger partial charge is 0.416 e. The molecule has 26 heavy (non-hydrogen) atoms. The highest BCUT2D eigenvalue weighted by molar-refractivity contribution is 5.96. The van der Waals surface area contributed by atoms with Crippen molar-refractivity contribution in [3.8, 4) is 11.8 Å². The summed E-state index contributed by atoms with van der Waals surface area (Å²) in [5.41, 5.74) is 0.132. The minimum atomic E-state index is -5.03. The van der Waals surface area contributed by atoms with Crippen molar-refractivity contribution >= 4 is 17.3 Å². The number of carbonyl (C=O) groups excluding carboxylic acids is 1. The number of carbonyl (C=O) groups is 1. The first-order valence-corrected chi connectivity index (χ1v) is 6.57. The van der Waals surface area contributed by atoms with Gasteiger partial charge in [0.15, 0.2) is 5.69 Å². The van der Waals surface area contributed by atoms with Crippen LogP contribution in [0.3, 0.4) is 0 Å².